The Morgan fingerprint density at radius 3 is 2.52 bits per heavy atom. The molecule has 0 spiro atoms. The molecule has 6 heteroatoms. The zero-order valence-electron chi connectivity index (χ0n) is 13.0. The molecule has 0 aliphatic carbocycles. The van der Waals surface area contributed by atoms with Crippen molar-refractivity contribution in [3.05, 3.63) is 33.9 Å². The van der Waals surface area contributed by atoms with Crippen LogP contribution in [0.5, 0.6) is 0 Å². The molecule has 0 fully saturated rings. The number of benzene rings is 1. The Hall–Kier alpha value is -2.11. The van der Waals surface area contributed by atoms with Crippen molar-refractivity contribution in [3.63, 3.8) is 0 Å². The fourth-order valence-electron chi connectivity index (χ4n) is 1.95. The quantitative estimate of drug-likeness (QED) is 0.597. The lowest BCUT2D eigenvalue weighted by atomic mass is 10.0. The average Bonchev–Trinajstić information content (AvgIpc) is 2.46. The first-order chi connectivity index (χ1) is 9.90. The molecule has 0 bridgehead atoms. The third-order valence-electron chi connectivity index (χ3n) is 3.68. The van der Waals surface area contributed by atoms with Gasteiger partial charge in [0.05, 0.1) is 4.92 Å². The molecule has 0 saturated carbocycles. The number of anilines is 1. The van der Waals surface area contributed by atoms with Gasteiger partial charge >= 0.3 is 0 Å². The number of carbonyl (C=O) groups is 1. The van der Waals surface area contributed by atoms with Gasteiger partial charge in [-0.2, -0.15) is 0 Å². The number of nitro groups is 1. The summed E-state index contributed by atoms with van der Waals surface area (Å²) >= 11 is 0. The summed E-state index contributed by atoms with van der Waals surface area (Å²) in [5.74, 6) is 0.0684. The van der Waals surface area contributed by atoms with Crippen LogP contribution in [0.3, 0.4) is 0 Å². The van der Waals surface area contributed by atoms with Gasteiger partial charge in [-0.1, -0.05) is 20.3 Å². The molecule has 1 rings (SSSR count). The highest BCUT2D eigenvalue weighted by atomic mass is 16.6. The second-order valence-electron chi connectivity index (χ2n) is 5.17. The highest BCUT2D eigenvalue weighted by Gasteiger charge is 2.19. The normalized spacial score (nSPS) is 13.3. The lowest BCUT2D eigenvalue weighted by Gasteiger charge is -2.19. The number of carbonyl (C=O) groups excluding carboxylic acids is 1. The van der Waals surface area contributed by atoms with Crippen molar-refractivity contribution in [2.75, 3.05) is 11.9 Å². The van der Waals surface area contributed by atoms with Crippen LogP contribution in [0.25, 0.3) is 0 Å². The van der Waals surface area contributed by atoms with E-state index in [4.69, 9.17) is 0 Å². The van der Waals surface area contributed by atoms with Gasteiger partial charge in [-0.25, -0.2) is 0 Å². The number of rotatable bonds is 7. The smallest absolute Gasteiger partial charge is 0.293 e. The number of amides is 1. The molecular weight excluding hydrogens is 270 g/mol. The number of nitrogens with zero attached hydrogens (tertiary/aromatic N) is 1. The topological polar surface area (TPSA) is 84.3 Å². The van der Waals surface area contributed by atoms with Crippen molar-refractivity contribution in [1.29, 1.82) is 0 Å². The summed E-state index contributed by atoms with van der Waals surface area (Å²) in [4.78, 5) is 22.8. The molecule has 1 amide bonds. The standard InChI is InChI=1S/C15H23N3O3/c1-5-10(3)11(4)17-15(19)12-7-8-13(16-6-2)14(9-12)18(20)21/h7-11,16H,5-6H2,1-4H3,(H,17,19). The van der Waals surface area contributed by atoms with E-state index < -0.39 is 4.92 Å². The van der Waals surface area contributed by atoms with Crippen LogP contribution in [0, 0.1) is 16.0 Å². The molecule has 0 saturated heterocycles. The molecule has 116 valence electrons. The fourth-order valence-corrected chi connectivity index (χ4v) is 1.95. The molecule has 0 radical (unpaired) electrons. The highest BCUT2D eigenvalue weighted by molar-refractivity contribution is 5.95. The third-order valence-corrected chi connectivity index (χ3v) is 3.68. The second kappa shape index (κ2) is 7.61. The first kappa shape index (κ1) is 16.9. The van der Waals surface area contributed by atoms with E-state index in [9.17, 15) is 14.9 Å². The molecular formula is C15H23N3O3. The summed E-state index contributed by atoms with van der Waals surface area (Å²) in [6.07, 6.45) is 0.959. The first-order valence-electron chi connectivity index (χ1n) is 7.23. The Morgan fingerprint density at radius 1 is 1.33 bits per heavy atom. The van der Waals surface area contributed by atoms with Crippen LogP contribution in [0.15, 0.2) is 18.2 Å². The molecule has 1 aromatic carbocycles. The minimum absolute atomic E-state index is 0.0231. The maximum atomic E-state index is 12.2. The molecule has 1 aromatic rings. The number of nitrogens with one attached hydrogen (secondary N) is 2. The van der Waals surface area contributed by atoms with E-state index in [1.54, 1.807) is 12.1 Å². The van der Waals surface area contributed by atoms with Crippen LogP contribution in [0.1, 0.15) is 44.5 Å². The molecule has 6 nitrogen and oxygen atoms in total. The largest absolute Gasteiger partial charge is 0.380 e. The highest BCUT2D eigenvalue weighted by Crippen LogP contribution is 2.25. The Balaban J connectivity index is 2.95. The van der Waals surface area contributed by atoms with Crippen molar-refractivity contribution >= 4 is 17.3 Å². The monoisotopic (exact) mass is 293 g/mol. The van der Waals surface area contributed by atoms with E-state index in [1.165, 1.54) is 6.07 Å². The SMILES string of the molecule is CCNc1ccc(C(=O)NC(C)C(C)CC)cc1[N+](=O)[O-]. The number of nitro benzene ring substituents is 1. The lowest BCUT2D eigenvalue weighted by Crippen LogP contribution is -2.36. The van der Waals surface area contributed by atoms with Crippen LogP contribution >= 0.6 is 0 Å². The summed E-state index contributed by atoms with van der Waals surface area (Å²) in [6.45, 7) is 8.49. The van der Waals surface area contributed by atoms with Gasteiger partial charge in [0.25, 0.3) is 11.6 Å². The van der Waals surface area contributed by atoms with Crippen LogP contribution in [-0.4, -0.2) is 23.4 Å². The second-order valence-corrected chi connectivity index (χ2v) is 5.17. The Kier molecular flexibility index (Phi) is 6.14. The van der Waals surface area contributed by atoms with E-state index in [2.05, 4.69) is 24.5 Å². The predicted octanol–water partition coefficient (Wildman–Crippen LogP) is 3.19. The minimum Gasteiger partial charge on any atom is -0.380 e. The van der Waals surface area contributed by atoms with Crippen molar-refractivity contribution in [2.45, 2.75) is 40.2 Å². The van der Waals surface area contributed by atoms with Crippen molar-refractivity contribution < 1.29 is 9.72 Å². The van der Waals surface area contributed by atoms with Gasteiger partial charge in [0.2, 0.25) is 0 Å². The molecule has 2 atom stereocenters. The minimum atomic E-state index is -0.479. The molecule has 0 aliphatic rings. The maximum absolute atomic E-state index is 12.2. The van der Waals surface area contributed by atoms with Gasteiger partial charge in [0.1, 0.15) is 5.69 Å². The summed E-state index contributed by atoms with van der Waals surface area (Å²) in [7, 11) is 0. The van der Waals surface area contributed by atoms with Crippen LogP contribution in [-0.2, 0) is 0 Å². The fraction of sp³-hybridized carbons (Fsp3) is 0.533. The zero-order chi connectivity index (χ0) is 16.0. The Bertz CT molecular complexity index is 517. The van der Waals surface area contributed by atoms with E-state index in [0.29, 0.717) is 23.7 Å². The van der Waals surface area contributed by atoms with E-state index >= 15 is 0 Å². The van der Waals surface area contributed by atoms with Crippen LogP contribution in [0.4, 0.5) is 11.4 Å². The third kappa shape index (κ3) is 4.44. The van der Waals surface area contributed by atoms with Gasteiger partial charge < -0.3 is 10.6 Å². The Labute approximate surface area is 125 Å². The van der Waals surface area contributed by atoms with Gasteiger partial charge in [0.15, 0.2) is 0 Å². The Morgan fingerprint density at radius 2 is 2.00 bits per heavy atom. The lowest BCUT2D eigenvalue weighted by molar-refractivity contribution is -0.384. The zero-order valence-corrected chi connectivity index (χ0v) is 13.0. The van der Waals surface area contributed by atoms with Crippen molar-refractivity contribution in [2.24, 2.45) is 5.92 Å². The average molecular weight is 293 g/mol. The molecule has 2 unspecified atom stereocenters. The van der Waals surface area contributed by atoms with E-state index in [-0.39, 0.29) is 17.6 Å². The van der Waals surface area contributed by atoms with Crippen molar-refractivity contribution in [3.8, 4) is 0 Å². The number of hydrogen-bond donors (Lipinski definition) is 2. The summed E-state index contributed by atoms with van der Waals surface area (Å²) in [6, 6.07) is 4.51. The summed E-state index contributed by atoms with van der Waals surface area (Å²) in [5.41, 5.74) is 0.647. The summed E-state index contributed by atoms with van der Waals surface area (Å²) in [5, 5.41) is 16.9. The van der Waals surface area contributed by atoms with E-state index in [1.807, 2.05) is 13.8 Å². The number of hydrogen-bond acceptors (Lipinski definition) is 4. The molecule has 2 N–H and O–H groups in total. The first-order valence-corrected chi connectivity index (χ1v) is 7.23. The molecule has 0 aliphatic heterocycles. The molecule has 0 heterocycles. The van der Waals surface area contributed by atoms with Crippen molar-refractivity contribution in [1.82, 2.24) is 5.32 Å². The molecule has 0 aromatic heterocycles. The molecule has 21 heavy (non-hydrogen) atoms. The van der Waals surface area contributed by atoms with Gasteiger partial charge in [-0.15, -0.1) is 0 Å². The predicted molar refractivity (Wildman–Crippen MR) is 83.6 cm³/mol. The maximum Gasteiger partial charge on any atom is 0.293 e. The van der Waals surface area contributed by atoms with E-state index in [0.717, 1.165) is 6.42 Å². The van der Waals surface area contributed by atoms with Crippen LogP contribution < -0.4 is 10.6 Å². The van der Waals surface area contributed by atoms with Gasteiger partial charge in [0, 0.05) is 24.2 Å². The summed E-state index contributed by atoms with van der Waals surface area (Å²) < 4.78 is 0. The van der Waals surface area contributed by atoms with Gasteiger partial charge in [-0.3, -0.25) is 14.9 Å². The van der Waals surface area contributed by atoms with Crippen LogP contribution in [0.2, 0.25) is 0 Å². The van der Waals surface area contributed by atoms with Gasteiger partial charge in [-0.05, 0) is 31.9 Å².